The highest BCUT2D eigenvalue weighted by atomic mass is 15.4. The molecule has 0 radical (unpaired) electrons. The van der Waals surface area contributed by atoms with Crippen molar-refractivity contribution in [1.82, 2.24) is 15.0 Å². The molecule has 18 heavy (non-hydrogen) atoms. The topological polar surface area (TPSA) is 56.7 Å². The summed E-state index contributed by atoms with van der Waals surface area (Å²) in [5.74, 6) is 0.920. The first-order valence-electron chi connectivity index (χ1n) is 7.47. The predicted octanol–water partition coefficient (Wildman–Crippen LogP) is 2.53. The molecule has 0 unspecified atom stereocenters. The number of hydrogen-bond acceptors (Lipinski definition) is 3. The smallest absolute Gasteiger partial charge is 0.0827 e. The highest BCUT2D eigenvalue weighted by molar-refractivity contribution is 4.92. The molecule has 2 N–H and O–H groups in total. The van der Waals surface area contributed by atoms with Crippen LogP contribution < -0.4 is 5.73 Å². The minimum Gasteiger partial charge on any atom is -0.330 e. The molecular weight excluding hydrogens is 224 g/mol. The molecule has 2 rings (SSSR count). The second-order valence-electron chi connectivity index (χ2n) is 5.51. The number of hydrogen-bond donors (Lipinski definition) is 1. The van der Waals surface area contributed by atoms with Crippen LogP contribution in [0.1, 0.15) is 57.1 Å². The molecule has 1 heterocycles. The summed E-state index contributed by atoms with van der Waals surface area (Å²) in [5, 5.41) is 8.44. The van der Waals surface area contributed by atoms with E-state index < -0.39 is 0 Å². The van der Waals surface area contributed by atoms with Crippen molar-refractivity contribution < 1.29 is 0 Å². The summed E-state index contributed by atoms with van der Waals surface area (Å²) < 4.78 is 2.02. The summed E-state index contributed by atoms with van der Waals surface area (Å²) in [6, 6.07) is 0. The highest BCUT2D eigenvalue weighted by Crippen LogP contribution is 2.26. The molecule has 0 spiro atoms. The Labute approximate surface area is 110 Å². The Morgan fingerprint density at radius 1 is 1.22 bits per heavy atom. The van der Waals surface area contributed by atoms with Gasteiger partial charge >= 0.3 is 0 Å². The van der Waals surface area contributed by atoms with Crippen LogP contribution in [0.3, 0.4) is 0 Å². The molecule has 1 aliphatic rings. The van der Waals surface area contributed by atoms with Gasteiger partial charge in [-0.2, -0.15) is 0 Å². The minimum absolute atomic E-state index is 0.774. The van der Waals surface area contributed by atoms with Crippen molar-refractivity contribution in [3.8, 4) is 0 Å². The molecule has 0 aromatic carbocycles. The molecule has 1 saturated carbocycles. The fourth-order valence-electron chi connectivity index (χ4n) is 2.80. The van der Waals surface area contributed by atoms with E-state index in [-0.39, 0.29) is 0 Å². The fraction of sp³-hybridized carbons (Fsp3) is 0.857. The second-order valence-corrected chi connectivity index (χ2v) is 5.51. The molecule has 1 fully saturated rings. The van der Waals surface area contributed by atoms with Gasteiger partial charge in [-0.1, -0.05) is 37.3 Å². The molecule has 0 bridgehead atoms. The Bertz CT molecular complexity index is 328. The van der Waals surface area contributed by atoms with E-state index in [4.69, 9.17) is 5.73 Å². The van der Waals surface area contributed by atoms with Crippen LogP contribution >= 0.6 is 0 Å². The van der Waals surface area contributed by atoms with Crippen LogP contribution in [0, 0.1) is 5.92 Å². The second kappa shape index (κ2) is 7.52. The van der Waals surface area contributed by atoms with Gasteiger partial charge < -0.3 is 5.73 Å². The van der Waals surface area contributed by atoms with Gasteiger partial charge in [0.2, 0.25) is 0 Å². The van der Waals surface area contributed by atoms with Gasteiger partial charge in [-0.15, -0.1) is 5.10 Å². The summed E-state index contributed by atoms with van der Waals surface area (Å²) in [6.45, 7) is 1.81. The average molecular weight is 250 g/mol. The molecule has 0 saturated heterocycles. The quantitative estimate of drug-likeness (QED) is 0.757. The monoisotopic (exact) mass is 250 g/mol. The standard InChI is InChI=1S/C14H26N4/c15-10-5-4-8-14-12-18(17-16-14)11-9-13-6-2-1-3-7-13/h12-13H,1-11,15H2. The Morgan fingerprint density at radius 2 is 2.06 bits per heavy atom. The summed E-state index contributed by atoms with van der Waals surface area (Å²) >= 11 is 0. The highest BCUT2D eigenvalue weighted by Gasteiger charge is 2.13. The van der Waals surface area contributed by atoms with E-state index in [1.54, 1.807) is 0 Å². The van der Waals surface area contributed by atoms with Crippen LogP contribution in [0.25, 0.3) is 0 Å². The SMILES string of the molecule is NCCCCc1cn(CCC2CCCCC2)nn1. The summed E-state index contributed by atoms with van der Waals surface area (Å²) in [4.78, 5) is 0. The largest absolute Gasteiger partial charge is 0.330 e. The molecule has 102 valence electrons. The van der Waals surface area contributed by atoms with Crippen molar-refractivity contribution in [1.29, 1.82) is 0 Å². The van der Waals surface area contributed by atoms with Gasteiger partial charge in [-0.3, -0.25) is 4.68 Å². The molecule has 1 aromatic heterocycles. The Kier molecular flexibility index (Phi) is 5.65. The summed E-state index contributed by atoms with van der Waals surface area (Å²) in [6.07, 6.45) is 13.7. The zero-order valence-electron chi connectivity index (χ0n) is 11.4. The predicted molar refractivity (Wildman–Crippen MR) is 73.2 cm³/mol. The lowest BCUT2D eigenvalue weighted by molar-refractivity contribution is 0.317. The van der Waals surface area contributed by atoms with Gasteiger partial charge in [0.1, 0.15) is 0 Å². The van der Waals surface area contributed by atoms with Gasteiger partial charge in [-0.25, -0.2) is 0 Å². The third kappa shape index (κ3) is 4.41. The normalized spacial score (nSPS) is 17.2. The minimum atomic E-state index is 0.774. The van der Waals surface area contributed by atoms with Crippen LogP contribution in [0.5, 0.6) is 0 Å². The Morgan fingerprint density at radius 3 is 2.83 bits per heavy atom. The van der Waals surface area contributed by atoms with E-state index in [9.17, 15) is 0 Å². The van der Waals surface area contributed by atoms with Crippen molar-refractivity contribution in [3.05, 3.63) is 11.9 Å². The van der Waals surface area contributed by atoms with Gasteiger partial charge in [0.05, 0.1) is 5.69 Å². The lowest BCUT2D eigenvalue weighted by atomic mass is 9.87. The first kappa shape index (κ1) is 13.5. The molecular formula is C14H26N4. The molecule has 0 aliphatic heterocycles. The van der Waals surface area contributed by atoms with Crippen LogP contribution in [-0.4, -0.2) is 21.5 Å². The fourth-order valence-corrected chi connectivity index (χ4v) is 2.80. The van der Waals surface area contributed by atoms with E-state index in [0.717, 1.165) is 44.0 Å². The molecule has 4 nitrogen and oxygen atoms in total. The number of nitrogens with zero attached hydrogens (tertiary/aromatic N) is 3. The van der Waals surface area contributed by atoms with Crippen molar-refractivity contribution in [3.63, 3.8) is 0 Å². The van der Waals surface area contributed by atoms with Crippen molar-refractivity contribution in [2.45, 2.75) is 64.3 Å². The average Bonchev–Trinajstić information content (AvgIpc) is 2.86. The third-order valence-corrected chi connectivity index (χ3v) is 3.96. The van der Waals surface area contributed by atoms with E-state index in [2.05, 4.69) is 16.5 Å². The maximum atomic E-state index is 5.49. The van der Waals surface area contributed by atoms with Crippen LogP contribution in [0.2, 0.25) is 0 Å². The van der Waals surface area contributed by atoms with Crippen molar-refractivity contribution >= 4 is 0 Å². The molecule has 0 amide bonds. The van der Waals surface area contributed by atoms with Crippen LogP contribution in [0.4, 0.5) is 0 Å². The van der Waals surface area contributed by atoms with E-state index in [1.807, 2.05) is 4.68 Å². The van der Waals surface area contributed by atoms with E-state index in [1.165, 1.54) is 38.5 Å². The number of aryl methyl sites for hydroxylation is 2. The van der Waals surface area contributed by atoms with Crippen LogP contribution in [0.15, 0.2) is 6.20 Å². The number of aromatic nitrogens is 3. The van der Waals surface area contributed by atoms with E-state index in [0.29, 0.717) is 0 Å². The summed E-state index contributed by atoms with van der Waals surface area (Å²) in [5.41, 5.74) is 6.60. The van der Waals surface area contributed by atoms with Crippen molar-refractivity contribution in [2.24, 2.45) is 11.7 Å². The van der Waals surface area contributed by atoms with Gasteiger partial charge in [-0.05, 0) is 38.1 Å². The van der Waals surface area contributed by atoms with Gasteiger partial charge in [0.15, 0.2) is 0 Å². The van der Waals surface area contributed by atoms with E-state index >= 15 is 0 Å². The number of nitrogens with two attached hydrogens (primary N) is 1. The number of rotatable bonds is 7. The lowest BCUT2D eigenvalue weighted by Gasteiger charge is -2.20. The lowest BCUT2D eigenvalue weighted by Crippen LogP contribution is -2.10. The Hall–Kier alpha value is -0.900. The summed E-state index contributed by atoms with van der Waals surface area (Å²) in [7, 11) is 0. The first-order chi connectivity index (χ1) is 8.88. The number of unbranched alkanes of at least 4 members (excludes halogenated alkanes) is 1. The van der Waals surface area contributed by atoms with Gasteiger partial charge in [0, 0.05) is 12.7 Å². The molecule has 0 atom stereocenters. The third-order valence-electron chi connectivity index (χ3n) is 3.96. The van der Waals surface area contributed by atoms with Crippen LogP contribution in [-0.2, 0) is 13.0 Å². The zero-order valence-corrected chi connectivity index (χ0v) is 11.4. The first-order valence-corrected chi connectivity index (χ1v) is 7.47. The maximum Gasteiger partial charge on any atom is 0.0827 e. The maximum absolute atomic E-state index is 5.49. The van der Waals surface area contributed by atoms with Crippen molar-refractivity contribution in [2.75, 3.05) is 6.54 Å². The Balaban J connectivity index is 1.69. The van der Waals surface area contributed by atoms with Gasteiger partial charge in [0.25, 0.3) is 0 Å². The molecule has 1 aliphatic carbocycles. The molecule has 4 heteroatoms. The zero-order chi connectivity index (χ0) is 12.6. The molecule has 1 aromatic rings.